The van der Waals surface area contributed by atoms with E-state index in [0.29, 0.717) is 12.2 Å². The van der Waals surface area contributed by atoms with Crippen LogP contribution in [0.2, 0.25) is 0 Å². The summed E-state index contributed by atoms with van der Waals surface area (Å²) in [6, 6.07) is 3.44. The summed E-state index contributed by atoms with van der Waals surface area (Å²) in [5, 5.41) is 12.0. The summed E-state index contributed by atoms with van der Waals surface area (Å²) < 4.78 is 0. The monoisotopic (exact) mass is 279 g/mol. The van der Waals surface area contributed by atoms with Gasteiger partial charge in [-0.3, -0.25) is 14.6 Å². The molecule has 1 atom stereocenters. The molecule has 1 aromatic rings. The quantitative estimate of drug-likeness (QED) is 0.793. The highest BCUT2D eigenvalue weighted by molar-refractivity contribution is 5.92. The van der Waals surface area contributed by atoms with Gasteiger partial charge in [-0.05, 0) is 18.1 Å². The van der Waals surface area contributed by atoms with Gasteiger partial charge < -0.3 is 15.3 Å². The van der Waals surface area contributed by atoms with Crippen LogP contribution in [0, 0.1) is 5.92 Å². The third-order valence-corrected chi connectivity index (χ3v) is 3.02. The lowest BCUT2D eigenvalue weighted by Gasteiger charge is -2.15. The topological polar surface area (TPSA) is 82.5 Å². The average molecular weight is 279 g/mol. The zero-order chi connectivity index (χ0) is 15.1. The number of carboxylic acids is 1. The predicted octanol–water partition coefficient (Wildman–Crippen LogP) is 1.70. The van der Waals surface area contributed by atoms with E-state index in [9.17, 15) is 9.59 Å². The van der Waals surface area contributed by atoms with Gasteiger partial charge in [0.05, 0.1) is 0 Å². The second kappa shape index (κ2) is 7.47. The second-order valence-electron chi connectivity index (χ2n) is 4.88. The van der Waals surface area contributed by atoms with E-state index in [2.05, 4.69) is 10.3 Å². The number of pyridine rings is 1. The molecule has 1 unspecified atom stereocenters. The minimum atomic E-state index is -0.795. The minimum absolute atomic E-state index is 0.0636. The van der Waals surface area contributed by atoms with E-state index in [1.54, 1.807) is 32.4 Å². The zero-order valence-electron chi connectivity index (χ0n) is 12.1. The normalized spacial score (nSPS) is 11.8. The van der Waals surface area contributed by atoms with Crippen LogP contribution in [-0.2, 0) is 4.79 Å². The van der Waals surface area contributed by atoms with E-state index in [0.717, 1.165) is 12.1 Å². The number of hydrogen-bond acceptors (Lipinski definition) is 4. The number of carbonyl (C=O) groups excluding carboxylic acids is 1. The number of nitrogens with one attached hydrogen (secondary N) is 1. The Morgan fingerprint density at radius 1 is 1.45 bits per heavy atom. The number of hydrogen-bond donors (Lipinski definition) is 2. The Hall–Kier alpha value is -2.11. The highest BCUT2D eigenvalue weighted by Gasteiger charge is 2.12. The van der Waals surface area contributed by atoms with Crippen LogP contribution in [0.15, 0.2) is 18.3 Å². The molecule has 6 heteroatoms. The molecule has 0 saturated heterocycles. The summed E-state index contributed by atoms with van der Waals surface area (Å²) >= 11 is 0. The largest absolute Gasteiger partial charge is 0.481 e. The molecule has 1 rings (SSSR count). The molecule has 0 aliphatic rings. The summed E-state index contributed by atoms with van der Waals surface area (Å²) in [5.41, 5.74) is 1.14. The number of carbonyl (C=O) groups is 2. The number of amides is 1. The summed E-state index contributed by atoms with van der Waals surface area (Å²) in [4.78, 5) is 28.0. The third-order valence-electron chi connectivity index (χ3n) is 3.02. The van der Waals surface area contributed by atoms with Gasteiger partial charge in [-0.25, -0.2) is 0 Å². The fourth-order valence-electron chi connectivity index (χ4n) is 1.76. The molecule has 20 heavy (non-hydrogen) atoms. The van der Waals surface area contributed by atoms with Gasteiger partial charge in [-0.1, -0.05) is 13.3 Å². The fourth-order valence-corrected chi connectivity index (χ4v) is 1.76. The lowest BCUT2D eigenvalue weighted by Crippen LogP contribution is -2.23. The standard InChI is InChI=1S/C14H21N3O3/c1-4-10(7-13(18)19)9-16-11-5-6-15-12(8-11)14(20)17(2)3/h5-6,8,10H,4,7,9H2,1-3H3,(H,15,16)(H,18,19). The van der Waals surface area contributed by atoms with Gasteiger partial charge >= 0.3 is 5.97 Å². The van der Waals surface area contributed by atoms with Gasteiger partial charge in [0.2, 0.25) is 0 Å². The fraction of sp³-hybridized carbons (Fsp3) is 0.500. The van der Waals surface area contributed by atoms with Crippen LogP contribution in [-0.4, -0.2) is 47.5 Å². The van der Waals surface area contributed by atoms with Crippen molar-refractivity contribution in [2.45, 2.75) is 19.8 Å². The van der Waals surface area contributed by atoms with Crippen LogP contribution in [0.1, 0.15) is 30.3 Å². The molecule has 0 aliphatic heterocycles. The number of aliphatic carboxylic acids is 1. The highest BCUT2D eigenvalue weighted by Crippen LogP contribution is 2.13. The van der Waals surface area contributed by atoms with Gasteiger partial charge in [-0.2, -0.15) is 0 Å². The first-order chi connectivity index (χ1) is 9.43. The number of anilines is 1. The maximum Gasteiger partial charge on any atom is 0.303 e. The smallest absolute Gasteiger partial charge is 0.303 e. The van der Waals surface area contributed by atoms with E-state index in [-0.39, 0.29) is 18.2 Å². The van der Waals surface area contributed by atoms with Gasteiger partial charge in [0, 0.05) is 38.9 Å². The summed E-state index contributed by atoms with van der Waals surface area (Å²) in [5.74, 6) is -0.892. The molecular formula is C14H21N3O3. The number of rotatable bonds is 7. The summed E-state index contributed by atoms with van der Waals surface area (Å²) in [6.07, 6.45) is 2.49. The molecule has 0 bridgehead atoms. The first-order valence-electron chi connectivity index (χ1n) is 6.57. The van der Waals surface area contributed by atoms with Crippen LogP contribution in [0.3, 0.4) is 0 Å². The summed E-state index contributed by atoms with van der Waals surface area (Å²) in [7, 11) is 3.34. The van der Waals surface area contributed by atoms with Crippen molar-refractivity contribution < 1.29 is 14.7 Å². The van der Waals surface area contributed by atoms with E-state index >= 15 is 0 Å². The molecular weight excluding hydrogens is 258 g/mol. The van der Waals surface area contributed by atoms with Crippen molar-refractivity contribution in [2.24, 2.45) is 5.92 Å². The second-order valence-corrected chi connectivity index (χ2v) is 4.88. The van der Waals surface area contributed by atoms with Crippen molar-refractivity contribution in [2.75, 3.05) is 26.0 Å². The molecule has 0 fully saturated rings. The molecule has 0 saturated carbocycles. The number of nitrogens with zero attached hydrogens (tertiary/aromatic N) is 2. The van der Waals surface area contributed by atoms with Crippen LogP contribution in [0.4, 0.5) is 5.69 Å². The van der Waals surface area contributed by atoms with Crippen molar-refractivity contribution in [3.05, 3.63) is 24.0 Å². The maximum absolute atomic E-state index is 11.8. The van der Waals surface area contributed by atoms with Gasteiger partial charge in [-0.15, -0.1) is 0 Å². The lowest BCUT2D eigenvalue weighted by atomic mass is 10.0. The van der Waals surface area contributed by atoms with Crippen LogP contribution < -0.4 is 5.32 Å². The van der Waals surface area contributed by atoms with Crippen molar-refractivity contribution >= 4 is 17.6 Å². The minimum Gasteiger partial charge on any atom is -0.481 e. The van der Waals surface area contributed by atoms with Crippen LogP contribution >= 0.6 is 0 Å². The zero-order valence-corrected chi connectivity index (χ0v) is 12.1. The Labute approximate surface area is 118 Å². The number of aromatic nitrogens is 1. The SMILES string of the molecule is CCC(CNc1ccnc(C(=O)N(C)C)c1)CC(=O)O. The van der Waals surface area contributed by atoms with Crippen molar-refractivity contribution in [1.29, 1.82) is 0 Å². The Morgan fingerprint density at radius 3 is 2.70 bits per heavy atom. The van der Waals surface area contributed by atoms with E-state index in [1.165, 1.54) is 4.90 Å². The Morgan fingerprint density at radius 2 is 2.15 bits per heavy atom. The van der Waals surface area contributed by atoms with E-state index < -0.39 is 5.97 Å². The van der Waals surface area contributed by atoms with Gasteiger partial charge in [0.1, 0.15) is 5.69 Å². The van der Waals surface area contributed by atoms with Crippen LogP contribution in [0.25, 0.3) is 0 Å². The van der Waals surface area contributed by atoms with E-state index in [1.807, 2.05) is 6.92 Å². The lowest BCUT2D eigenvalue weighted by molar-refractivity contribution is -0.138. The first-order valence-corrected chi connectivity index (χ1v) is 6.57. The number of carboxylic acid groups (broad SMARTS) is 1. The molecule has 0 aliphatic carbocycles. The summed E-state index contributed by atoms with van der Waals surface area (Å²) in [6.45, 7) is 2.52. The van der Waals surface area contributed by atoms with E-state index in [4.69, 9.17) is 5.11 Å². The average Bonchev–Trinajstić information content (AvgIpc) is 2.42. The predicted molar refractivity (Wildman–Crippen MR) is 76.8 cm³/mol. The molecule has 1 heterocycles. The molecule has 0 radical (unpaired) electrons. The van der Waals surface area contributed by atoms with Crippen molar-refractivity contribution in [3.63, 3.8) is 0 Å². The molecule has 110 valence electrons. The van der Waals surface area contributed by atoms with Crippen molar-refractivity contribution in [3.8, 4) is 0 Å². The third kappa shape index (κ3) is 4.87. The molecule has 0 spiro atoms. The van der Waals surface area contributed by atoms with Crippen LogP contribution in [0.5, 0.6) is 0 Å². The molecule has 2 N–H and O–H groups in total. The molecule has 0 aromatic carbocycles. The maximum atomic E-state index is 11.8. The Balaban J connectivity index is 2.66. The molecule has 1 aromatic heterocycles. The highest BCUT2D eigenvalue weighted by atomic mass is 16.4. The first kappa shape index (κ1) is 15.9. The van der Waals surface area contributed by atoms with Crippen molar-refractivity contribution in [1.82, 2.24) is 9.88 Å². The van der Waals surface area contributed by atoms with Gasteiger partial charge in [0.25, 0.3) is 5.91 Å². The van der Waals surface area contributed by atoms with Gasteiger partial charge in [0.15, 0.2) is 0 Å². The Bertz CT molecular complexity index is 474. The molecule has 6 nitrogen and oxygen atoms in total. The Kier molecular flexibility index (Phi) is 5.96. The molecule has 1 amide bonds.